The first-order valence-electron chi connectivity index (χ1n) is 6.36. The highest BCUT2D eigenvalue weighted by Gasteiger charge is 2.33. The fourth-order valence-electron chi connectivity index (χ4n) is 2.48. The van der Waals surface area contributed by atoms with E-state index in [1.54, 1.807) is 6.07 Å². The van der Waals surface area contributed by atoms with E-state index in [1.807, 2.05) is 30.9 Å². The fraction of sp³-hybridized carbons (Fsp3) is 0.500. The van der Waals surface area contributed by atoms with Crippen molar-refractivity contribution in [1.82, 2.24) is 4.90 Å². The minimum absolute atomic E-state index is 0.162. The Labute approximate surface area is 112 Å². The second-order valence-corrected chi connectivity index (χ2v) is 4.91. The van der Waals surface area contributed by atoms with Crippen LogP contribution in [-0.4, -0.2) is 46.9 Å². The monoisotopic (exact) mass is 265 g/mol. The van der Waals surface area contributed by atoms with Crippen LogP contribution in [0.1, 0.15) is 24.1 Å². The van der Waals surface area contributed by atoms with Gasteiger partial charge in [0.15, 0.2) is 0 Å². The first kappa shape index (κ1) is 13.8. The van der Waals surface area contributed by atoms with E-state index in [0.29, 0.717) is 13.2 Å². The van der Waals surface area contributed by atoms with Crippen LogP contribution < -0.4 is 0 Å². The molecular weight excluding hydrogens is 246 g/mol. The van der Waals surface area contributed by atoms with Crippen molar-refractivity contribution in [3.8, 4) is 5.75 Å². The van der Waals surface area contributed by atoms with Gasteiger partial charge in [-0.1, -0.05) is 17.7 Å². The highest BCUT2D eigenvalue weighted by molar-refractivity contribution is 5.73. The van der Waals surface area contributed by atoms with E-state index in [2.05, 4.69) is 0 Å². The van der Waals surface area contributed by atoms with Gasteiger partial charge in [-0.05, 0) is 19.9 Å². The quantitative estimate of drug-likeness (QED) is 0.867. The lowest BCUT2D eigenvalue weighted by atomic mass is 10.0. The molecule has 1 aromatic rings. The number of phenolic OH excluding ortho intramolecular Hbond substituents is 1. The van der Waals surface area contributed by atoms with Crippen LogP contribution in [0.4, 0.5) is 0 Å². The summed E-state index contributed by atoms with van der Waals surface area (Å²) in [4.78, 5) is 13.1. The van der Waals surface area contributed by atoms with Gasteiger partial charge in [-0.3, -0.25) is 9.69 Å². The Morgan fingerprint density at radius 1 is 1.53 bits per heavy atom. The maximum absolute atomic E-state index is 11.3. The number of aliphatic carboxylic acids is 1. The molecule has 5 heteroatoms. The van der Waals surface area contributed by atoms with Gasteiger partial charge in [0.25, 0.3) is 0 Å². The molecule has 0 bridgehead atoms. The Morgan fingerprint density at radius 3 is 2.95 bits per heavy atom. The zero-order valence-corrected chi connectivity index (χ0v) is 11.2. The molecule has 1 saturated heterocycles. The Hall–Kier alpha value is -1.59. The molecule has 0 saturated carbocycles. The molecule has 1 heterocycles. The van der Waals surface area contributed by atoms with Gasteiger partial charge in [0.05, 0.1) is 13.2 Å². The molecule has 1 aromatic carbocycles. The fourth-order valence-corrected chi connectivity index (χ4v) is 2.48. The van der Waals surface area contributed by atoms with Gasteiger partial charge in [-0.2, -0.15) is 0 Å². The van der Waals surface area contributed by atoms with Gasteiger partial charge in [0, 0.05) is 18.2 Å². The van der Waals surface area contributed by atoms with E-state index >= 15 is 0 Å². The number of phenols is 1. The largest absolute Gasteiger partial charge is 0.508 e. The lowest BCUT2D eigenvalue weighted by Crippen LogP contribution is -2.50. The van der Waals surface area contributed by atoms with Crippen molar-refractivity contribution < 1.29 is 19.7 Å². The number of hydrogen-bond acceptors (Lipinski definition) is 4. The molecule has 2 atom stereocenters. The lowest BCUT2D eigenvalue weighted by Gasteiger charge is -2.37. The maximum atomic E-state index is 11.3. The van der Waals surface area contributed by atoms with Crippen molar-refractivity contribution in [3.63, 3.8) is 0 Å². The number of carbonyl (C=O) groups is 1. The Balaban J connectivity index is 2.28. The summed E-state index contributed by atoms with van der Waals surface area (Å²) in [6.45, 7) is 5.11. The van der Waals surface area contributed by atoms with Crippen LogP contribution in [0.25, 0.3) is 0 Å². The van der Waals surface area contributed by atoms with Crippen LogP contribution in [-0.2, 0) is 9.53 Å². The second kappa shape index (κ2) is 5.59. The van der Waals surface area contributed by atoms with Crippen LogP contribution in [0.15, 0.2) is 18.2 Å². The highest BCUT2D eigenvalue weighted by Crippen LogP contribution is 2.31. The van der Waals surface area contributed by atoms with Gasteiger partial charge in [0.2, 0.25) is 0 Å². The average Bonchev–Trinajstić information content (AvgIpc) is 2.40. The van der Waals surface area contributed by atoms with E-state index in [4.69, 9.17) is 4.74 Å². The van der Waals surface area contributed by atoms with Gasteiger partial charge < -0.3 is 14.9 Å². The number of carboxylic acids is 1. The third-order valence-electron chi connectivity index (χ3n) is 3.59. The second-order valence-electron chi connectivity index (χ2n) is 4.91. The van der Waals surface area contributed by atoms with E-state index < -0.39 is 12.0 Å². The molecule has 1 aliphatic heterocycles. The van der Waals surface area contributed by atoms with E-state index in [9.17, 15) is 15.0 Å². The first-order chi connectivity index (χ1) is 9.00. The number of aromatic hydroxyl groups is 1. The van der Waals surface area contributed by atoms with Crippen molar-refractivity contribution in [2.45, 2.75) is 25.9 Å². The summed E-state index contributed by atoms with van der Waals surface area (Å²) in [5.74, 6) is -0.688. The summed E-state index contributed by atoms with van der Waals surface area (Å²) in [7, 11) is 0. The molecule has 0 amide bonds. The van der Waals surface area contributed by atoms with Crippen LogP contribution in [0.3, 0.4) is 0 Å². The van der Waals surface area contributed by atoms with Crippen molar-refractivity contribution in [2.75, 3.05) is 19.8 Å². The Bertz CT molecular complexity index is 475. The lowest BCUT2D eigenvalue weighted by molar-refractivity contribution is -0.151. The molecule has 0 aromatic heterocycles. The standard InChI is InChI=1S/C14H19NO4/c1-9-3-4-13(16)11(7-9)10(2)15-5-6-19-8-12(15)14(17)18/h3-4,7,10,12,16H,5-6,8H2,1-2H3,(H,17,18). The van der Waals surface area contributed by atoms with Crippen molar-refractivity contribution in [2.24, 2.45) is 0 Å². The molecule has 2 N–H and O–H groups in total. The molecule has 0 aliphatic carbocycles. The number of ether oxygens (including phenoxy) is 1. The van der Waals surface area contributed by atoms with Gasteiger partial charge >= 0.3 is 5.97 Å². The molecular formula is C14H19NO4. The summed E-state index contributed by atoms with van der Waals surface area (Å²) in [5, 5.41) is 19.2. The van der Waals surface area contributed by atoms with Gasteiger partial charge in [-0.15, -0.1) is 0 Å². The van der Waals surface area contributed by atoms with Crippen LogP contribution in [0, 0.1) is 6.92 Å². The highest BCUT2D eigenvalue weighted by atomic mass is 16.5. The van der Waals surface area contributed by atoms with E-state index in [-0.39, 0.29) is 18.4 Å². The molecule has 19 heavy (non-hydrogen) atoms. The Kier molecular flexibility index (Phi) is 4.07. The van der Waals surface area contributed by atoms with Crippen molar-refractivity contribution >= 4 is 5.97 Å². The molecule has 1 aliphatic rings. The third kappa shape index (κ3) is 2.88. The average molecular weight is 265 g/mol. The molecule has 104 valence electrons. The molecule has 0 radical (unpaired) electrons. The predicted octanol–water partition coefficient (Wildman–Crippen LogP) is 1.55. The number of rotatable bonds is 3. The third-order valence-corrected chi connectivity index (χ3v) is 3.59. The molecule has 0 spiro atoms. The number of hydrogen-bond donors (Lipinski definition) is 2. The number of aryl methyl sites for hydroxylation is 1. The summed E-state index contributed by atoms with van der Waals surface area (Å²) < 4.78 is 5.23. The van der Waals surface area contributed by atoms with Crippen molar-refractivity contribution in [3.05, 3.63) is 29.3 Å². The molecule has 2 unspecified atom stereocenters. The topological polar surface area (TPSA) is 70.0 Å². The number of nitrogens with zero attached hydrogens (tertiary/aromatic N) is 1. The number of morpholine rings is 1. The maximum Gasteiger partial charge on any atom is 0.323 e. The molecule has 2 rings (SSSR count). The first-order valence-corrected chi connectivity index (χ1v) is 6.36. The smallest absolute Gasteiger partial charge is 0.323 e. The number of carboxylic acid groups (broad SMARTS) is 1. The van der Waals surface area contributed by atoms with E-state index in [0.717, 1.165) is 11.1 Å². The Morgan fingerprint density at radius 2 is 2.26 bits per heavy atom. The zero-order chi connectivity index (χ0) is 14.0. The SMILES string of the molecule is Cc1ccc(O)c(C(C)N2CCOCC2C(=O)O)c1. The van der Waals surface area contributed by atoms with Gasteiger partial charge in [-0.25, -0.2) is 0 Å². The van der Waals surface area contributed by atoms with Crippen LogP contribution in [0.5, 0.6) is 5.75 Å². The zero-order valence-electron chi connectivity index (χ0n) is 11.2. The summed E-state index contributed by atoms with van der Waals surface area (Å²) in [6.07, 6.45) is 0. The summed E-state index contributed by atoms with van der Waals surface area (Å²) >= 11 is 0. The minimum Gasteiger partial charge on any atom is -0.508 e. The molecule has 5 nitrogen and oxygen atoms in total. The normalized spacial score (nSPS) is 22.1. The van der Waals surface area contributed by atoms with E-state index in [1.165, 1.54) is 0 Å². The van der Waals surface area contributed by atoms with Gasteiger partial charge in [0.1, 0.15) is 11.8 Å². The summed E-state index contributed by atoms with van der Waals surface area (Å²) in [5.41, 5.74) is 1.80. The van der Waals surface area contributed by atoms with Crippen molar-refractivity contribution in [1.29, 1.82) is 0 Å². The minimum atomic E-state index is -0.890. The molecule has 1 fully saturated rings. The van der Waals surface area contributed by atoms with Crippen LogP contribution >= 0.6 is 0 Å². The number of benzene rings is 1. The summed E-state index contributed by atoms with van der Waals surface area (Å²) in [6, 6.07) is 4.55. The predicted molar refractivity (Wildman–Crippen MR) is 70.2 cm³/mol. The van der Waals surface area contributed by atoms with Crippen LogP contribution in [0.2, 0.25) is 0 Å².